The molecule has 0 fully saturated rings. The Balaban J connectivity index is 1.85. The van der Waals surface area contributed by atoms with E-state index >= 15 is 0 Å². The minimum absolute atomic E-state index is 0.0375. The Hall–Kier alpha value is -1.38. The van der Waals surface area contributed by atoms with Gasteiger partial charge in [-0.15, -0.1) is 21.5 Å². The smallest absolute Gasteiger partial charge is 0.230 e. The minimum Gasteiger partial charge on any atom is -0.354 e. The number of likely N-dealkylation sites (N-methyl/N-ethyl adjacent to an activating group) is 1. The Morgan fingerprint density at radius 2 is 2.12 bits per heavy atom. The van der Waals surface area contributed by atoms with Crippen molar-refractivity contribution < 1.29 is 4.79 Å². The molecular weight excluding hydrogens is 342 g/mol. The highest BCUT2D eigenvalue weighted by molar-refractivity contribution is 7.99. The number of thiophene rings is 1. The second kappa shape index (κ2) is 9.80. The maximum Gasteiger partial charge on any atom is 0.230 e. The largest absolute Gasteiger partial charge is 0.354 e. The molecule has 0 bridgehead atoms. The van der Waals surface area contributed by atoms with Gasteiger partial charge in [-0.25, -0.2) is 0 Å². The van der Waals surface area contributed by atoms with Crippen molar-refractivity contribution in [2.75, 3.05) is 31.9 Å². The van der Waals surface area contributed by atoms with Crippen molar-refractivity contribution in [1.29, 1.82) is 0 Å². The molecule has 132 valence electrons. The van der Waals surface area contributed by atoms with Gasteiger partial charge in [0.25, 0.3) is 0 Å². The van der Waals surface area contributed by atoms with E-state index in [1.54, 1.807) is 11.3 Å². The van der Waals surface area contributed by atoms with Crippen LogP contribution in [-0.2, 0) is 11.3 Å². The third-order valence-electron chi connectivity index (χ3n) is 3.75. The monoisotopic (exact) mass is 367 g/mol. The average Bonchev–Trinajstić information content (AvgIpc) is 3.25. The van der Waals surface area contributed by atoms with Crippen molar-refractivity contribution in [2.45, 2.75) is 32.5 Å². The van der Waals surface area contributed by atoms with Crippen molar-refractivity contribution in [3.8, 4) is 10.7 Å². The molecule has 0 saturated carbocycles. The van der Waals surface area contributed by atoms with Gasteiger partial charge in [0.1, 0.15) is 0 Å². The van der Waals surface area contributed by atoms with E-state index in [2.05, 4.69) is 45.8 Å². The summed E-state index contributed by atoms with van der Waals surface area (Å²) in [5, 5.41) is 14.3. The molecule has 2 heterocycles. The summed E-state index contributed by atoms with van der Waals surface area (Å²) >= 11 is 3.08. The molecule has 2 aromatic heterocycles. The quantitative estimate of drug-likeness (QED) is 0.654. The zero-order valence-electron chi connectivity index (χ0n) is 14.5. The molecule has 0 spiro atoms. The Labute approximate surface area is 151 Å². The van der Waals surface area contributed by atoms with Crippen molar-refractivity contribution in [3.05, 3.63) is 17.5 Å². The molecule has 6 nitrogen and oxygen atoms in total. The van der Waals surface area contributed by atoms with Crippen LogP contribution in [-0.4, -0.2) is 57.5 Å². The molecule has 0 aliphatic rings. The van der Waals surface area contributed by atoms with Crippen molar-refractivity contribution in [1.82, 2.24) is 25.0 Å². The summed E-state index contributed by atoms with van der Waals surface area (Å²) in [6, 6.07) is 4.04. The van der Waals surface area contributed by atoms with Crippen molar-refractivity contribution in [2.24, 2.45) is 0 Å². The topological polar surface area (TPSA) is 63.1 Å². The number of thioether (sulfide) groups is 1. The summed E-state index contributed by atoms with van der Waals surface area (Å²) in [4.78, 5) is 15.4. The van der Waals surface area contributed by atoms with Crippen LogP contribution in [0.25, 0.3) is 10.7 Å². The molecule has 24 heavy (non-hydrogen) atoms. The van der Waals surface area contributed by atoms with Crippen LogP contribution in [0, 0.1) is 0 Å². The molecule has 0 saturated heterocycles. The molecule has 1 N–H and O–H groups in total. The standard InChI is InChI=1S/C16H25N5OS2/c1-4-20(5-2)10-9-17-14(22)12-24-16-19-18-15(21(16)6-3)13-8-7-11-23-13/h7-8,11H,4-6,9-10,12H2,1-3H3,(H,17,22). The van der Waals surface area contributed by atoms with Crippen LogP contribution < -0.4 is 5.32 Å². The molecule has 0 radical (unpaired) electrons. The second-order valence-electron chi connectivity index (χ2n) is 5.19. The Kier molecular flexibility index (Phi) is 7.74. The van der Waals surface area contributed by atoms with E-state index in [0.29, 0.717) is 12.3 Å². The summed E-state index contributed by atoms with van der Waals surface area (Å²) in [6.45, 7) is 10.7. The van der Waals surface area contributed by atoms with Crippen molar-refractivity contribution >= 4 is 29.0 Å². The predicted molar refractivity (Wildman–Crippen MR) is 101 cm³/mol. The van der Waals surface area contributed by atoms with Gasteiger partial charge in [-0.3, -0.25) is 4.79 Å². The van der Waals surface area contributed by atoms with Gasteiger partial charge in [-0.2, -0.15) is 0 Å². The Morgan fingerprint density at radius 3 is 2.75 bits per heavy atom. The van der Waals surface area contributed by atoms with Crippen LogP contribution in [0.3, 0.4) is 0 Å². The average molecular weight is 368 g/mol. The van der Waals surface area contributed by atoms with Gasteiger partial charge in [-0.05, 0) is 31.5 Å². The first-order valence-electron chi connectivity index (χ1n) is 8.28. The highest BCUT2D eigenvalue weighted by atomic mass is 32.2. The number of hydrogen-bond acceptors (Lipinski definition) is 6. The lowest BCUT2D eigenvalue weighted by atomic mass is 10.4. The van der Waals surface area contributed by atoms with Crippen LogP contribution in [0.5, 0.6) is 0 Å². The zero-order valence-corrected chi connectivity index (χ0v) is 16.1. The molecule has 0 aromatic carbocycles. The molecule has 0 aliphatic heterocycles. The molecule has 0 unspecified atom stereocenters. The molecule has 0 atom stereocenters. The number of nitrogens with zero attached hydrogens (tertiary/aromatic N) is 4. The first-order valence-corrected chi connectivity index (χ1v) is 10.1. The molecule has 0 aliphatic carbocycles. The zero-order chi connectivity index (χ0) is 17.4. The lowest BCUT2D eigenvalue weighted by Gasteiger charge is -2.17. The van der Waals surface area contributed by atoms with Crippen LogP contribution in [0.4, 0.5) is 0 Å². The van der Waals surface area contributed by atoms with Gasteiger partial charge in [-0.1, -0.05) is 31.7 Å². The number of hydrogen-bond donors (Lipinski definition) is 1. The molecule has 2 aromatic rings. The lowest BCUT2D eigenvalue weighted by Crippen LogP contribution is -2.35. The van der Waals surface area contributed by atoms with Crippen LogP contribution in [0.1, 0.15) is 20.8 Å². The van der Waals surface area contributed by atoms with Gasteiger partial charge in [0, 0.05) is 19.6 Å². The number of carbonyl (C=O) groups is 1. The van der Waals surface area contributed by atoms with Gasteiger partial charge >= 0.3 is 0 Å². The van der Waals surface area contributed by atoms with E-state index in [0.717, 1.165) is 42.0 Å². The minimum atomic E-state index is 0.0375. The van der Waals surface area contributed by atoms with Crippen molar-refractivity contribution in [3.63, 3.8) is 0 Å². The maximum absolute atomic E-state index is 12.0. The lowest BCUT2D eigenvalue weighted by molar-refractivity contribution is -0.118. The third kappa shape index (κ3) is 5.06. The van der Waals surface area contributed by atoms with E-state index in [1.807, 2.05) is 17.5 Å². The van der Waals surface area contributed by atoms with Gasteiger partial charge < -0.3 is 14.8 Å². The Bertz CT molecular complexity index is 622. The molecule has 8 heteroatoms. The van der Waals surface area contributed by atoms with Gasteiger partial charge in [0.05, 0.1) is 10.6 Å². The summed E-state index contributed by atoms with van der Waals surface area (Å²) in [7, 11) is 0. The summed E-state index contributed by atoms with van der Waals surface area (Å²) in [5.41, 5.74) is 0. The second-order valence-corrected chi connectivity index (χ2v) is 7.08. The summed E-state index contributed by atoms with van der Waals surface area (Å²) < 4.78 is 2.06. The number of carbonyl (C=O) groups excluding carboxylic acids is 1. The van der Waals surface area contributed by atoms with E-state index in [-0.39, 0.29) is 5.91 Å². The van der Waals surface area contributed by atoms with Gasteiger partial charge in [0.15, 0.2) is 11.0 Å². The number of rotatable bonds is 10. The molecular formula is C16H25N5OS2. The first-order chi connectivity index (χ1) is 11.7. The highest BCUT2D eigenvalue weighted by Gasteiger charge is 2.15. The Morgan fingerprint density at radius 1 is 1.33 bits per heavy atom. The fraction of sp³-hybridized carbons (Fsp3) is 0.562. The number of amides is 1. The summed E-state index contributed by atoms with van der Waals surface area (Å²) in [5.74, 6) is 1.27. The van der Waals surface area contributed by atoms with Crippen LogP contribution in [0.15, 0.2) is 22.7 Å². The normalized spacial score (nSPS) is 11.2. The van der Waals surface area contributed by atoms with Crippen LogP contribution in [0.2, 0.25) is 0 Å². The maximum atomic E-state index is 12.0. The third-order valence-corrected chi connectivity index (χ3v) is 5.58. The van der Waals surface area contributed by atoms with E-state index in [9.17, 15) is 4.79 Å². The summed E-state index contributed by atoms with van der Waals surface area (Å²) in [6.07, 6.45) is 0. The SMILES string of the molecule is CCN(CC)CCNC(=O)CSc1nnc(-c2cccs2)n1CC. The molecule has 2 rings (SSSR count). The molecule has 1 amide bonds. The van der Waals surface area contributed by atoms with E-state index < -0.39 is 0 Å². The fourth-order valence-electron chi connectivity index (χ4n) is 2.34. The van der Waals surface area contributed by atoms with E-state index in [1.165, 1.54) is 11.8 Å². The number of aromatic nitrogens is 3. The van der Waals surface area contributed by atoms with Crippen LogP contribution >= 0.6 is 23.1 Å². The number of nitrogens with one attached hydrogen (secondary N) is 1. The first kappa shape index (κ1) is 19.0. The fourth-order valence-corrected chi connectivity index (χ4v) is 3.89. The predicted octanol–water partition coefficient (Wildman–Crippen LogP) is 2.58. The van der Waals surface area contributed by atoms with E-state index in [4.69, 9.17) is 0 Å². The highest BCUT2D eigenvalue weighted by Crippen LogP contribution is 2.26. The van der Waals surface area contributed by atoms with Gasteiger partial charge in [0.2, 0.25) is 5.91 Å².